The normalized spacial score (nSPS) is 11.0. The van der Waals surface area contributed by atoms with Crippen molar-refractivity contribution in [3.8, 4) is 0 Å². The lowest BCUT2D eigenvalue weighted by Crippen LogP contribution is -2.12. The summed E-state index contributed by atoms with van der Waals surface area (Å²) in [5.41, 5.74) is 3.03. The molecule has 0 bridgehead atoms. The molecule has 0 atom stereocenters. The highest BCUT2D eigenvalue weighted by Crippen LogP contribution is 2.34. The van der Waals surface area contributed by atoms with Crippen molar-refractivity contribution < 1.29 is 4.79 Å². The summed E-state index contributed by atoms with van der Waals surface area (Å²) < 4.78 is 1.92. The molecule has 29 heavy (non-hydrogen) atoms. The average Bonchev–Trinajstić information content (AvgIpc) is 3.09. The Morgan fingerprint density at radius 3 is 2.62 bits per heavy atom. The van der Waals surface area contributed by atoms with E-state index in [1.165, 1.54) is 0 Å². The number of nitrogens with one attached hydrogen (secondary N) is 1. The van der Waals surface area contributed by atoms with E-state index in [2.05, 4.69) is 10.3 Å². The summed E-state index contributed by atoms with van der Waals surface area (Å²) in [4.78, 5) is 17.1. The molecule has 1 heterocycles. The minimum atomic E-state index is -0.244. The molecule has 0 aliphatic rings. The molecule has 4 rings (SSSR count). The van der Waals surface area contributed by atoms with Crippen molar-refractivity contribution in [3.05, 3.63) is 86.9 Å². The van der Waals surface area contributed by atoms with Gasteiger partial charge in [0.2, 0.25) is 0 Å². The lowest BCUT2D eigenvalue weighted by Gasteiger charge is -2.06. The number of fused-ring (bicyclic) bond motifs is 1. The van der Waals surface area contributed by atoms with Crippen LogP contribution in [0.4, 0.5) is 5.69 Å². The van der Waals surface area contributed by atoms with E-state index in [1.807, 2.05) is 30.3 Å². The molecule has 0 aliphatic carbocycles. The number of hydrogen-bond acceptors (Lipinski definition) is 4. The van der Waals surface area contributed by atoms with Crippen LogP contribution in [0, 0.1) is 0 Å². The van der Waals surface area contributed by atoms with E-state index < -0.39 is 0 Å². The molecular formula is C21H13Cl3N2OS2. The molecule has 146 valence electrons. The van der Waals surface area contributed by atoms with Crippen molar-refractivity contribution in [1.29, 1.82) is 0 Å². The van der Waals surface area contributed by atoms with Crippen LogP contribution in [0.25, 0.3) is 10.2 Å². The van der Waals surface area contributed by atoms with Crippen molar-refractivity contribution in [1.82, 2.24) is 4.98 Å². The number of anilines is 1. The Morgan fingerprint density at radius 2 is 1.83 bits per heavy atom. The maximum Gasteiger partial charge on any atom is 0.257 e. The number of halogens is 3. The predicted molar refractivity (Wildman–Crippen MR) is 125 cm³/mol. The standard InChI is InChI=1S/C21H13Cl3N2OS2/c22-13-6-5-12(17(24)9-13)11-28-21-26-18-8-7-14(10-19(18)29-21)25-20(27)15-3-1-2-4-16(15)23/h1-10H,11H2,(H,25,27). The minimum Gasteiger partial charge on any atom is -0.322 e. The van der Waals surface area contributed by atoms with Gasteiger partial charge >= 0.3 is 0 Å². The fraction of sp³-hybridized carbons (Fsp3) is 0.0476. The van der Waals surface area contributed by atoms with Crippen molar-refractivity contribution in [2.24, 2.45) is 0 Å². The van der Waals surface area contributed by atoms with Gasteiger partial charge < -0.3 is 5.32 Å². The number of rotatable bonds is 5. The third kappa shape index (κ3) is 4.87. The summed E-state index contributed by atoms with van der Waals surface area (Å²) in [5, 5.41) is 4.58. The number of nitrogens with zero attached hydrogens (tertiary/aromatic N) is 1. The number of amides is 1. The minimum absolute atomic E-state index is 0.244. The average molecular weight is 480 g/mol. The van der Waals surface area contributed by atoms with Gasteiger partial charge in [0.1, 0.15) is 0 Å². The molecule has 3 nitrogen and oxygen atoms in total. The van der Waals surface area contributed by atoms with Crippen LogP contribution >= 0.6 is 57.9 Å². The summed E-state index contributed by atoms with van der Waals surface area (Å²) >= 11 is 21.5. The second kappa shape index (κ2) is 8.94. The molecular weight excluding hydrogens is 467 g/mol. The fourth-order valence-electron chi connectivity index (χ4n) is 2.66. The van der Waals surface area contributed by atoms with Crippen LogP contribution < -0.4 is 5.32 Å². The van der Waals surface area contributed by atoms with Crippen LogP contribution in [0.15, 0.2) is 65.0 Å². The van der Waals surface area contributed by atoms with Crippen molar-refractivity contribution in [2.75, 3.05) is 5.32 Å². The van der Waals surface area contributed by atoms with Crippen molar-refractivity contribution >= 4 is 79.7 Å². The third-order valence-electron chi connectivity index (χ3n) is 4.11. The molecule has 0 spiro atoms. The van der Waals surface area contributed by atoms with Crippen LogP contribution in [0.1, 0.15) is 15.9 Å². The zero-order chi connectivity index (χ0) is 20.4. The monoisotopic (exact) mass is 478 g/mol. The highest BCUT2D eigenvalue weighted by Gasteiger charge is 2.12. The fourth-order valence-corrected chi connectivity index (χ4v) is 5.55. The second-order valence-corrected chi connectivity index (χ2v) is 9.62. The Balaban J connectivity index is 1.49. The number of thiazole rings is 1. The Bertz CT molecular complexity index is 1210. The van der Waals surface area contributed by atoms with Crippen LogP contribution in [-0.2, 0) is 5.75 Å². The molecule has 0 saturated carbocycles. The summed E-state index contributed by atoms with van der Waals surface area (Å²) in [6, 6.07) is 18.1. The molecule has 8 heteroatoms. The molecule has 0 unspecified atom stereocenters. The molecule has 1 amide bonds. The zero-order valence-electron chi connectivity index (χ0n) is 14.8. The SMILES string of the molecule is O=C(Nc1ccc2nc(SCc3ccc(Cl)cc3Cl)sc2c1)c1ccccc1Cl. The van der Waals surface area contributed by atoms with Gasteiger partial charge in [0.25, 0.3) is 5.91 Å². The molecule has 1 aromatic heterocycles. The first kappa shape index (κ1) is 20.5. The van der Waals surface area contributed by atoms with Crippen molar-refractivity contribution in [3.63, 3.8) is 0 Å². The first-order valence-electron chi connectivity index (χ1n) is 8.53. The molecule has 1 N–H and O–H groups in total. The summed E-state index contributed by atoms with van der Waals surface area (Å²) in [5.74, 6) is 0.456. The van der Waals surface area contributed by atoms with E-state index in [0.717, 1.165) is 20.1 Å². The van der Waals surface area contributed by atoms with Crippen LogP contribution in [0.5, 0.6) is 0 Å². The smallest absolute Gasteiger partial charge is 0.257 e. The molecule has 4 aromatic rings. The number of carbonyl (C=O) groups excluding carboxylic acids is 1. The second-order valence-electron chi connectivity index (χ2n) is 6.12. The van der Waals surface area contributed by atoms with Crippen molar-refractivity contribution in [2.45, 2.75) is 10.1 Å². The Morgan fingerprint density at radius 1 is 1.00 bits per heavy atom. The van der Waals surface area contributed by atoms with E-state index in [-0.39, 0.29) is 5.91 Å². The predicted octanol–water partition coefficient (Wildman–Crippen LogP) is 7.80. The van der Waals surface area contributed by atoms with Gasteiger partial charge in [-0.2, -0.15) is 0 Å². The third-order valence-corrected chi connectivity index (χ3v) is 7.24. The number of aromatic nitrogens is 1. The topological polar surface area (TPSA) is 42.0 Å². The molecule has 3 aromatic carbocycles. The van der Waals surface area contributed by atoms with Gasteiger partial charge in [-0.15, -0.1) is 11.3 Å². The molecule has 0 saturated heterocycles. The van der Waals surface area contributed by atoms with E-state index in [0.29, 0.717) is 32.1 Å². The van der Waals surface area contributed by atoms with Gasteiger partial charge in [0.05, 0.1) is 20.8 Å². The van der Waals surface area contributed by atoms with E-state index in [9.17, 15) is 4.79 Å². The maximum absolute atomic E-state index is 12.5. The first-order chi connectivity index (χ1) is 14.0. The lowest BCUT2D eigenvalue weighted by atomic mass is 10.2. The molecule has 0 radical (unpaired) electrons. The Labute approximate surface area is 191 Å². The lowest BCUT2D eigenvalue weighted by molar-refractivity contribution is 0.102. The van der Waals surface area contributed by atoms with Gasteiger partial charge in [-0.25, -0.2) is 4.98 Å². The van der Waals surface area contributed by atoms with E-state index in [1.54, 1.807) is 53.4 Å². The number of hydrogen-bond donors (Lipinski definition) is 1. The first-order valence-corrected chi connectivity index (χ1v) is 11.5. The highest BCUT2D eigenvalue weighted by atomic mass is 35.5. The molecule has 0 aliphatic heterocycles. The van der Waals surface area contributed by atoms with Gasteiger partial charge in [-0.05, 0) is 48.0 Å². The van der Waals surface area contributed by atoms with Crippen LogP contribution in [0.2, 0.25) is 15.1 Å². The van der Waals surface area contributed by atoms with Crippen LogP contribution in [-0.4, -0.2) is 10.9 Å². The number of carbonyl (C=O) groups is 1. The molecule has 0 fully saturated rings. The van der Waals surface area contributed by atoms with Gasteiger partial charge in [0, 0.05) is 21.5 Å². The highest BCUT2D eigenvalue weighted by molar-refractivity contribution is 8.00. The maximum atomic E-state index is 12.5. The van der Waals surface area contributed by atoms with Gasteiger partial charge in [-0.3, -0.25) is 4.79 Å². The summed E-state index contributed by atoms with van der Waals surface area (Å²) in [6.07, 6.45) is 0. The van der Waals surface area contributed by atoms with E-state index in [4.69, 9.17) is 34.8 Å². The Hall–Kier alpha value is -1.76. The van der Waals surface area contributed by atoms with Gasteiger partial charge in [0.15, 0.2) is 4.34 Å². The van der Waals surface area contributed by atoms with E-state index >= 15 is 0 Å². The quantitative estimate of drug-likeness (QED) is 0.297. The zero-order valence-corrected chi connectivity index (χ0v) is 18.7. The number of benzene rings is 3. The largest absolute Gasteiger partial charge is 0.322 e. The van der Waals surface area contributed by atoms with Gasteiger partial charge in [-0.1, -0.05) is 64.8 Å². The number of thioether (sulfide) groups is 1. The summed E-state index contributed by atoms with van der Waals surface area (Å²) in [6.45, 7) is 0. The summed E-state index contributed by atoms with van der Waals surface area (Å²) in [7, 11) is 0. The van der Waals surface area contributed by atoms with Crippen LogP contribution in [0.3, 0.4) is 0 Å². The Kier molecular flexibility index (Phi) is 6.32.